The molecule has 2 aromatic rings. The Labute approximate surface area is 186 Å². The molecule has 0 saturated carbocycles. The highest BCUT2D eigenvalue weighted by molar-refractivity contribution is 5.95. The summed E-state index contributed by atoms with van der Waals surface area (Å²) in [4.78, 5) is 43.0. The molecule has 9 nitrogen and oxygen atoms in total. The molecule has 0 spiro atoms. The first-order valence-corrected chi connectivity index (χ1v) is 10.7. The van der Waals surface area contributed by atoms with Gasteiger partial charge in [-0.2, -0.15) is 0 Å². The zero-order valence-corrected chi connectivity index (χ0v) is 18.1. The number of ether oxygens (including phenoxy) is 2. The number of benzene rings is 1. The van der Waals surface area contributed by atoms with Gasteiger partial charge in [0.05, 0.1) is 13.4 Å². The molecule has 0 aliphatic carbocycles. The number of likely N-dealkylation sites (tertiary alicyclic amines) is 1. The molecule has 0 radical (unpaired) electrons. The average molecular weight is 441 g/mol. The second-order valence-corrected chi connectivity index (χ2v) is 7.81. The fraction of sp³-hybridized carbons (Fsp3) is 0.435. The van der Waals surface area contributed by atoms with E-state index < -0.39 is 12.0 Å². The molecule has 9 heteroatoms. The van der Waals surface area contributed by atoms with Gasteiger partial charge < -0.3 is 28.6 Å². The van der Waals surface area contributed by atoms with Crippen LogP contribution in [0.2, 0.25) is 0 Å². The summed E-state index contributed by atoms with van der Waals surface area (Å²) in [5.74, 6) is -0.121. The minimum absolute atomic E-state index is 0.190. The largest absolute Gasteiger partial charge is 0.497 e. The topological polar surface area (TPSA) is 92.5 Å². The van der Waals surface area contributed by atoms with Crippen molar-refractivity contribution in [3.8, 4) is 5.75 Å². The first kappa shape index (κ1) is 21.7. The fourth-order valence-corrected chi connectivity index (χ4v) is 4.12. The van der Waals surface area contributed by atoms with Crippen LogP contribution in [0.4, 0.5) is 5.69 Å². The van der Waals surface area contributed by atoms with E-state index in [1.165, 1.54) is 11.2 Å². The lowest BCUT2D eigenvalue weighted by Gasteiger charge is -2.36. The van der Waals surface area contributed by atoms with Crippen LogP contribution in [0.25, 0.3) is 0 Å². The molecule has 2 saturated heterocycles. The summed E-state index contributed by atoms with van der Waals surface area (Å²) in [6, 6.07) is 10.3. The highest BCUT2D eigenvalue weighted by Crippen LogP contribution is 2.22. The van der Waals surface area contributed by atoms with Crippen molar-refractivity contribution in [2.75, 3.05) is 51.3 Å². The Balaban J connectivity index is 1.25. The zero-order valence-electron chi connectivity index (χ0n) is 18.1. The van der Waals surface area contributed by atoms with Crippen molar-refractivity contribution in [3.05, 3.63) is 48.4 Å². The third-order valence-electron chi connectivity index (χ3n) is 5.93. The minimum atomic E-state index is -0.688. The number of esters is 1. The summed E-state index contributed by atoms with van der Waals surface area (Å²) in [6.45, 7) is 2.63. The van der Waals surface area contributed by atoms with Crippen molar-refractivity contribution in [3.63, 3.8) is 0 Å². The number of carbonyl (C=O) groups is 3. The molecule has 1 unspecified atom stereocenters. The Morgan fingerprint density at radius 3 is 2.44 bits per heavy atom. The minimum Gasteiger partial charge on any atom is -0.497 e. The van der Waals surface area contributed by atoms with Crippen LogP contribution in [0.1, 0.15) is 23.4 Å². The number of amides is 2. The Bertz CT molecular complexity index is 935. The second-order valence-electron chi connectivity index (χ2n) is 7.81. The van der Waals surface area contributed by atoms with E-state index in [1.807, 2.05) is 24.3 Å². The normalized spacial score (nSPS) is 18.5. The number of hydrogen-bond donors (Lipinski definition) is 0. The molecule has 2 fully saturated rings. The number of furan rings is 1. The van der Waals surface area contributed by atoms with Gasteiger partial charge in [0.1, 0.15) is 11.8 Å². The fourth-order valence-electron chi connectivity index (χ4n) is 4.12. The van der Waals surface area contributed by atoms with Crippen molar-refractivity contribution in [1.82, 2.24) is 9.80 Å². The van der Waals surface area contributed by atoms with Crippen LogP contribution >= 0.6 is 0 Å². The summed E-state index contributed by atoms with van der Waals surface area (Å²) in [5.41, 5.74) is 1.08. The molecule has 3 heterocycles. The van der Waals surface area contributed by atoms with Gasteiger partial charge in [-0.05, 0) is 49.2 Å². The van der Waals surface area contributed by atoms with E-state index in [1.54, 1.807) is 24.1 Å². The van der Waals surface area contributed by atoms with Crippen molar-refractivity contribution in [2.45, 2.75) is 18.9 Å². The lowest BCUT2D eigenvalue weighted by molar-refractivity contribution is -0.155. The Morgan fingerprint density at radius 2 is 1.78 bits per heavy atom. The molecule has 1 aromatic heterocycles. The van der Waals surface area contributed by atoms with Crippen molar-refractivity contribution >= 4 is 23.5 Å². The van der Waals surface area contributed by atoms with Crippen LogP contribution in [0.5, 0.6) is 5.75 Å². The molecule has 1 atom stereocenters. The molecule has 2 amide bonds. The van der Waals surface area contributed by atoms with Crippen LogP contribution in [0.15, 0.2) is 47.1 Å². The predicted molar refractivity (Wildman–Crippen MR) is 116 cm³/mol. The third-order valence-corrected chi connectivity index (χ3v) is 5.93. The summed E-state index contributed by atoms with van der Waals surface area (Å²) in [7, 11) is 1.63. The van der Waals surface area contributed by atoms with Gasteiger partial charge in [-0.25, -0.2) is 4.79 Å². The maximum absolute atomic E-state index is 12.6. The van der Waals surface area contributed by atoms with E-state index in [2.05, 4.69) is 4.90 Å². The first-order chi connectivity index (χ1) is 15.6. The van der Waals surface area contributed by atoms with Crippen LogP contribution in [-0.4, -0.2) is 80.1 Å². The van der Waals surface area contributed by atoms with Gasteiger partial charge in [0.2, 0.25) is 0 Å². The van der Waals surface area contributed by atoms with Gasteiger partial charge in [-0.15, -0.1) is 0 Å². The Kier molecular flexibility index (Phi) is 6.63. The van der Waals surface area contributed by atoms with Crippen molar-refractivity contribution in [1.29, 1.82) is 0 Å². The lowest BCUT2D eigenvalue weighted by atomic mass is 10.2. The molecule has 170 valence electrons. The van der Waals surface area contributed by atoms with E-state index in [4.69, 9.17) is 13.9 Å². The maximum Gasteiger partial charge on any atom is 0.329 e. The van der Waals surface area contributed by atoms with Gasteiger partial charge >= 0.3 is 5.97 Å². The third kappa shape index (κ3) is 4.71. The molecule has 0 bridgehead atoms. The number of methoxy groups -OCH3 is 1. The van der Waals surface area contributed by atoms with Crippen molar-refractivity contribution < 1.29 is 28.3 Å². The number of nitrogens with zero attached hydrogens (tertiary/aromatic N) is 3. The number of piperazine rings is 1. The van der Waals surface area contributed by atoms with E-state index in [0.29, 0.717) is 45.6 Å². The smallest absolute Gasteiger partial charge is 0.329 e. The van der Waals surface area contributed by atoms with Gasteiger partial charge in [0, 0.05) is 38.4 Å². The maximum atomic E-state index is 12.6. The number of anilines is 1. The molecular formula is C23H27N3O6. The highest BCUT2D eigenvalue weighted by atomic mass is 16.5. The van der Waals surface area contributed by atoms with Crippen LogP contribution in [0.3, 0.4) is 0 Å². The summed E-state index contributed by atoms with van der Waals surface area (Å²) in [6.07, 6.45) is 2.64. The molecule has 2 aliphatic heterocycles. The monoisotopic (exact) mass is 441 g/mol. The summed E-state index contributed by atoms with van der Waals surface area (Å²) < 4.78 is 15.6. The standard InChI is InChI=1S/C23H27N3O6/c1-30-18-8-6-17(7-9-18)24-11-13-25(14-12-24)21(27)16-32-23(29)19-4-2-10-26(19)22(28)20-5-3-15-31-20/h3,5-9,15,19H,2,4,10-14,16H2,1H3. The van der Waals surface area contributed by atoms with Crippen molar-refractivity contribution in [2.24, 2.45) is 0 Å². The average Bonchev–Trinajstić information content (AvgIpc) is 3.55. The number of carbonyl (C=O) groups excluding carboxylic acids is 3. The molecule has 32 heavy (non-hydrogen) atoms. The quantitative estimate of drug-likeness (QED) is 0.631. The molecule has 0 N–H and O–H groups in total. The second kappa shape index (κ2) is 9.76. The first-order valence-electron chi connectivity index (χ1n) is 10.7. The predicted octanol–water partition coefficient (Wildman–Crippen LogP) is 1.78. The molecule has 2 aliphatic rings. The van der Waals surface area contributed by atoms with Gasteiger partial charge in [0.25, 0.3) is 11.8 Å². The van der Waals surface area contributed by atoms with E-state index in [-0.39, 0.29) is 24.2 Å². The van der Waals surface area contributed by atoms with Gasteiger partial charge in [-0.3, -0.25) is 9.59 Å². The van der Waals surface area contributed by atoms with E-state index in [9.17, 15) is 14.4 Å². The van der Waals surface area contributed by atoms with Crippen LogP contribution in [0, 0.1) is 0 Å². The van der Waals surface area contributed by atoms with Crippen LogP contribution < -0.4 is 9.64 Å². The zero-order chi connectivity index (χ0) is 22.5. The molecule has 1 aromatic carbocycles. The Hall–Kier alpha value is -3.49. The summed E-state index contributed by atoms with van der Waals surface area (Å²) >= 11 is 0. The molecule has 4 rings (SSSR count). The van der Waals surface area contributed by atoms with Gasteiger partial charge in [0.15, 0.2) is 12.4 Å². The SMILES string of the molecule is COc1ccc(N2CCN(C(=O)COC(=O)C3CCCN3C(=O)c3ccco3)CC2)cc1. The van der Waals surface area contributed by atoms with Crippen LogP contribution in [-0.2, 0) is 14.3 Å². The Morgan fingerprint density at radius 1 is 1.03 bits per heavy atom. The number of rotatable bonds is 6. The highest BCUT2D eigenvalue weighted by Gasteiger charge is 2.37. The van der Waals surface area contributed by atoms with E-state index >= 15 is 0 Å². The molecular weight excluding hydrogens is 414 g/mol. The lowest BCUT2D eigenvalue weighted by Crippen LogP contribution is -2.50. The van der Waals surface area contributed by atoms with Gasteiger partial charge in [-0.1, -0.05) is 0 Å². The van der Waals surface area contributed by atoms with E-state index in [0.717, 1.165) is 11.4 Å². The number of hydrogen-bond acceptors (Lipinski definition) is 7. The summed E-state index contributed by atoms with van der Waals surface area (Å²) in [5, 5.41) is 0.